The molecule has 73 heavy (non-hydrogen) atoms. The molecule has 13 aromatic rings. The van der Waals surface area contributed by atoms with Crippen LogP contribution in [0, 0.1) is 0 Å². The third kappa shape index (κ3) is 7.81. The predicted octanol–water partition coefficient (Wildman–Crippen LogP) is 21.0. The van der Waals surface area contributed by atoms with Crippen LogP contribution in [0.2, 0.25) is 0 Å². The smallest absolute Gasteiger partial charge is 0.144 e. The van der Waals surface area contributed by atoms with Gasteiger partial charge in [0.1, 0.15) is 22.7 Å². The van der Waals surface area contributed by atoms with Crippen LogP contribution in [0.5, 0.6) is 0 Å². The van der Waals surface area contributed by atoms with Crippen molar-refractivity contribution in [2.75, 3.05) is 0 Å². The molecule has 0 bridgehead atoms. The SMILES string of the molecule is CCCCCCc1ccc(-c2oc3c(cc(-c4ccc(-c5cccc6ccccc56)cc4)c4c5oc(C(C)C)c(-c6ccccc6)c5cc(-c5ccc6ccccc6c5)c34)c2-c2cccc3ccccc23)cc1. The van der Waals surface area contributed by atoms with Gasteiger partial charge in [-0.15, -0.1) is 0 Å². The molecule has 0 unspecified atom stereocenters. The summed E-state index contributed by atoms with van der Waals surface area (Å²) in [5, 5.41) is 11.5. The Morgan fingerprint density at radius 1 is 0.356 bits per heavy atom. The van der Waals surface area contributed by atoms with Gasteiger partial charge in [0.15, 0.2) is 0 Å². The number of unbranched alkanes of at least 4 members (excludes halogenated alkanes) is 3. The summed E-state index contributed by atoms with van der Waals surface area (Å²) < 4.78 is 15.1. The van der Waals surface area contributed by atoms with E-state index in [-0.39, 0.29) is 5.92 Å². The summed E-state index contributed by atoms with van der Waals surface area (Å²) in [4.78, 5) is 0. The number of aryl methyl sites for hydroxylation is 1. The minimum atomic E-state index is 0.122. The fourth-order valence-corrected chi connectivity index (χ4v) is 11.6. The third-order valence-electron chi connectivity index (χ3n) is 15.3. The highest BCUT2D eigenvalue weighted by Crippen LogP contribution is 2.53. The van der Waals surface area contributed by atoms with Crippen LogP contribution < -0.4 is 0 Å². The molecule has 2 heterocycles. The quantitative estimate of drug-likeness (QED) is 0.114. The Balaban J connectivity index is 1.18. The first-order valence-corrected chi connectivity index (χ1v) is 26.2. The molecule has 2 aromatic heterocycles. The van der Waals surface area contributed by atoms with E-state index < -0.39 is 0 Å². The molecule has 0 fully saturated rings. The first kappa shape index (κ1) is 44.5. The highest BCUT2D eigenvalue weighted by atomic mass is 16.3. The van der Waals surface area contributed by atoms with Gasteiger partial charge in [-0.05, 0) is 113 Å². The van der Waals surface area contributed by atoms with Crippen molar-refractivity contribution < 1.29 is 8.83 Å². The van der Waals surface area contributed by atoms with Gasteiger partial charge in [-0.2, -0.15) is 0 Å². The summed E-state index contributed by atoms with van der Waals surface area (Å²) in [7, 11) is 0. The van der Waals surface area contributed by atoms with Crippen LogP contribution in [0.3, 0.4) is 0 Å². The molecule has 0 radical (unpaired) electrons. The molecule has 0 aliphatic carbocycles. The molecule has 2 heteroatoms. The van der Waals surface area contributed by atoms with Crippen molar-refractivity contribution in [3.05, 3.63) is 230 Å². The lowest BCUT2D eigenvalue weighted by atomic mass is 9.85. The Kier molecular flexibility index (Phi) is 11.3. The molecule has 0 aliphatic rings. The van der Waals surface area contributed by atoms with E-state index >= 15 is 0 Å². The van der Waals surface area contributed by atoms with Crippen molar-refractivity contribution >= 4 is 65.0 Å². The van der Waals surface area contributed by atoms with Crippen LogP contribution in [-0.2, 0) is 6.42 Å². The van der Waals surface area contributed by atoms with Crippen molar-refractivity contribution in [2.45, 2.75) is 58.8 Å². The van der Waals surface area contributed by atoms with Crippen molar-refractivity contribution in [3.63, 3.8) is 0 Å². The molecule has 11 aromatic carbocycles. The Morgan fingerprint density at radius 2 is 0.890 bits per heavy atom. The highest BCUT2D eigenvalue weighted by Gasteiger charge is 2.29. The lowest BCUT2D eigenvalue weighted by Crippen LogP contribution is -1.91. The number of fused-ring (bicyclic) bond motifs is 8. The van der Waals surface area contributed by atoms with E-state index in [1.807, 2.05) is 0 Å². The van der Waals surface area contributed by atoms with E-state index in [1.165, 1.54) is 74.7 Å². The lowest BCUT2D eigenvalue weighted by Gasteiger charge is -2.16. The summed E-state index contributed by atoms with van der Waals surface area (Å²) in [6, 6.07) is 80.3. The average molecular weight is 941 g/mol. The third-order valence-corrected chi connectivity index (χ3v) is 15.3. The zero-order chi connectivity index (χ0) is 49.0. The molecule has 0 N–H and O–H groups in total. The largest absolute Gasteiger partial charge is 0.459 e. The number of rotatable bonds is 12. The molecule has 0 saturated carbocycles. The molecule has 13 rings (SSSR count). The molecular weight excluding hydrogens is 885 g/mol. The predicted molar refractivity (Wildman–Crippen MR) is 311 cm³/mol. The molecule has 0 aliphatic heterocycles. The van der Waals surface area contributed by atoms with Crippen LogP contribution in [0.1, 0.15) is 63.7 Å². The van der Waals surface area contributed by atoms with Gasteiger partial charge in [0.05, 0.1) is 0 Å². The minimum Gasteiger partial charge on any atom is -0.459 e. The van der Waals surface area contributed by atoms with Crippen LogP contribution in [0.15, 0.2) is 227 Å². The van der Waals surface area contributed by atoms with Gasteiger partial charge in [-0.25, -0.2) is 0 Å². The zero-order valence-electron chi connectivity index (χ0n) is 41.7. The second-order valence-electron chi connectivity index (χ2n) is 20.2. The molecule has 0 amide bonds. The first-order valence-electron chi connectivity index (χ1n) is 26.2. The second-order valence-corrected chi connectivity index (χ2v) is 20.2. The van der Waals surface area contributed by atoms with Crippen molar-refractivity contribution in [1.82, 2.24) is 0 Å². The van der Waals surface area contributed by atoms with Gasteiger partial charge in [0.25, 0.3) is 0 Å². The van der Waals surface area contributed by atoms with Gasteiger partial charge in [0.2, 0.25) is 0 Å². The van der Waals surface area contributed by atoms with Gasteiger partial charge in [-0.3, -0.25) is 0 Å². The first-order chi connectivity index (χ1) is 36.0. The maximum Gasteiger partial charge on any atom is 0.144 e. The Hall–Kier alpha value is -8.46. The summed E-state index contributed by atoms with van der Waals surface area (Å²) in [5.74, 6) is 1.96. The highest BCUT2D eigenvalue weighted by molar-refractivity contribution is 6.29. The van der Waals surface area contributed by atoms with E-state index in [4.69, 9.17) is 8.83 Å². The standard InChI is InChI=1S/C71H56O2/c1-4-5-6-8-19-46-32-34-53(35-33-46)69-65(59-31-18-27-49-22-14-16-29-58(49)59)63-43-60(51-39-37-50(38-40-51)57-30-17-26-48-21-13-15-28-56(48)57)66-67(71(63)73-69)61(55-41-36-47-20-11-12-25-54(47)42-55)44-62-64(52-23-9-7-10-24-52)68(45(2)3)72-70(62)66/h7,9-18,20-45H,4-6,8,19H2,1-3H3. The fraction of sp³-hybridized carbons (Fsp3) is 0.127. The summed E-state index contributed by atoms with van der Waals surface area (Å²) in [6.07, 6.45) is 6.02. The number of benzene rings is 11. The fourth-order valence-electron chi connectivity index (χ4n) is 11.6. The number of hydrogen-bond acceptors (Lipinski definition) is 2. The normalized spacial score (nSPS) is 11.9. The zero-order valence-corrected chi connectivity index (χ0v) is 41.7. The van der Waals surface area contributed by atoms with Crippen LogP contribution >= 0.6 is 0 Å². The van der Waals surface area contributed by atoms with Crippen LogP contribution in [-0.4, -0.2) is 0 Å². The maximum absolute atomic E-state index is 7.69. The molecule has 352 valence electrons. The van der Waals surface area contributed by atoms with E-state index in [0.717, 1.165) is 101 Å². The van der Waals surface area contributed by atoms with Crippen LogP contribution in [0.25, 0.3) is 132 Å². The van der Waals surface area contributed by atoms with Crippen LogP contribution in [0.4, 0.5) is 0 Å². The molecule has 0 spiro atoms. The molecular formula is C71H56O2. The van der Waals surface area contributed by atoms with Crippen molar-refractivity contribution in [3.8, 4) is 67.0 Å². The maximum atomic E-state index is 7.69. The summed E-state index contributed by atoms with van der Waals surface area (Å²) in [5.41, 5.74) is 15.5. The molecule has 2 nitrogen and oxygen atoms in total. The topological polar surface area (TPSA) is 26.3 Å². The van der Waals surface area contributed by atoms with E-state index in [0.29, 0.717) is 0 Å². The minimum absolute atomic E-state index is 0.122. The van der Waals surface area contributed by atoms with Gasteiger partial charge >= 0.3 is 0 Å². The monoisotopic (exact) mass is 940 g/mol. The van der Waals surface area contributed by atoms with E-state index in [1.54, 1.807) is 0 Å². The van der Waals surface area contributed by atoms with E-state index in [9.17, 15) is 0 Å². The number of hydrogen-bond donors (Lipinski definition) is 0. The average Bonchev–Trinajstić information content (AvgIpc) is 4.03. The van der Waals surface area contributed by atoms with Crippen molar-refractivity contribution in [2.24, 2.45) is 0 Å². The molecule has 0 atom stereocenters. The second kappa shape index (κ2) is 18.6. The molecule has 0 saturated heterocycles. The Bertz CT molecular complexity index is 4180. The van der Waals surface area contributed by atoms with Gasteiger partial charge in [0, 0.05) is 44.2 Å². The van der Waals surface area contributed by atoms with Gasteiger partial charge < -0.3 is 8.83 Å². The number of furan rings is 2. The Morgan fingerprint density at radius 3 is 1.58 bits per heavy atom. The summed E-state index contributed by atoms with van der Waals surface area (Å²) in [6.45, 7) is 6.76. The van der Waals surface area contributed by atoms with Gasteiger partial charge in [-0.1, -0.05) is 240 Å². The Labute approximate surface area is 427 Å². The lowest BCUT2D eigenvalue weighted by molar-refractivity contribution is 0.526. The van der Waals surface area contributed by atoms with Crippen molar-refractivity contribution in [1.29, 1.82) is 0 Å². The summed E-state index contributed by atoms with van der Waals surface area (Å²) >= 11 is 0. The van der Waals surface area contributed by atoms with E-state index in [2.05, 4.69) is 239 Å².